The molecule has 0 saturated heterocycles. The van der Waals surface area contributed by atoms with E-state index in [9.17, 15) is 4.57 Å². The molecule has 0 aliphatic heterocycles. The summed E-state index contributed by atoms with van der Waals surface area (Å²) in [5.74, 6) is 0. The van der Waals surface area contributed by atoms with Gasteiger partial charge in [-0.1, -0.05) is 0 Å². The fourth-order valence-corrected chi connectivity index (χ4v) is 0.432. The van der Waals surface area contributed by atoms with E-state index in [1.165, 1.54) is 6.92 Å². The van der Waals surface area contributed by atoms with Gasteiger partial charge in [0.25, 0.3) is 0 Å². The van der Waals surface area contributed by atoms with E-state index >= 15 is 0 Å². The van der Waals surface area contributed by atoms with E-state index < -0.39 is 5.60 Å². The van der Waals surface area contributed by atoms with Gasteiger partial charge in [-0.15, -0.1) is 0 Å². The van der Waals surface area contributed by atoms with Crippen molar-refractivity contribution in [3.8, 4) is 5.63 Å². The van der Waals surface area contributed by atoms with Gasteiger partial charge in [0.2, 0.25) is 0 Å². The fraction of sp³-hybridized carbons (Fsp3) is 0.750. The summed E-state index contributed by atoms with van der Waals surface area (Å²) in [7, 11) is -0.305. The van der Waals surface area contributed by atoms with Crippen LogP contribution in [0.5, 0.6) is 0 Å². The molecule has 3 N–H and O–H groups in total. The third-order valence-electron chi connectivity index (χ3n) is 0.684. The minimum atomic E-state index is -1.21. The minimum absolute atomic E-state index is 0.0439. The van der Waals surface area contributed by atoms with Crippen molar-refractivity contribution < 1.29 is 9.67 Å². The van der Waals surface area contributed by atoms with Gasteiger partial charge in [-0.3, -0.25) is 0 Å². The first kappa shape index (κ1) is 7.93. The summed E-state index contributed by atoms with van der Waals surface area (Å²) in [6.45, 7) is 1.49. The zero-order chi connectivity index (χ0) is 6.62. The molecule has 0 heterocycles. The third-order valence-corrected chi connectivity index (χ3v) is 1.26. The molecule has 46 valence electrons. The third kappa shape index (κ3) is 3.00. The van der Waals surface area contributed by atoms with E-state index in [2.05, 4.69) is 5.63 Å². The number of nitrogens with two attached hydrogens (primary N) is 1. The molecule has 1 atom stereocenters. The quantitative estimate of drug-likeness (QED) is 0.493. The standard InChI is InChI=1S/C4H8NO2P/c1-4(6,2-5)3-8-7/h6H,2,5H2,1H3. The van der Waals surface area contributed by atoms with E-state index in [0.717, 1.165) is 0 Å². The van der Waals surface area contributed by atoms with Crippen molar-refractivity contribution in [1.29, 1.82) is 0 Å². The van der Waals surface area contributed by atoms with Crippen molar-refractivity contribution in [2.75, 3.05) is 6.54 Å². The molecule has 0 spiro atoms. The SMILES string of the molecule is CC(O)(C#P=O)CN. The molecule has 0 saturated carbocycles. The number of aliphatic hydroxyl groups is 1. The first-order chi connectivity index (χ1) is 3.62. The molecule has 0 aromatic carbocycles. The number of hydrogen-bond donors (Lipinski definition) is 2. The molecular weight excluding hydrogens is 125 g/mol. The van der Waals surface area contributed by atoms with Gasteiger partial charge in [0.15, 0.2) is 0 Å². The van der Waals surface area contributed by atoms with E-state index in [0.29, 0.717) is 0 Å². The Morgan fingerprint density at radius 3 is 2.62 bits per heavy atom. The van der Waals surface area contributed by atoms with E-state index in [-0.39, 0.29) is 14.5 Å². The molecule has 0 aromatic heterocycles. The van der Waals surface area contributed by atoms with E-state index in [4.69, 9.17) is 10.8 Å². The van der Waals surface area contributed by atoms with Crippen molar-refractivity contribution in [3.63, 3.8) is 0 Å². The number of rotatable bonds is 1. The van der Waals surface area contributed by atoms with Crippen LogP contribution >= 0.6 is 7.92 Å². The summed E-state index contributed by atoms with van der Waals surface area (Å²) in [4.78, 5) is 0. The van der Waals surface area contributed by atoms with E-state index in [1.807, 2.05) is 0 Å². The normalized spacial score (nSPS) is 16.4. The van der Waals surface area contributed by atoms with E-state index in [1.54, 1.807) is 0 Å². The summed E-state index contributed by atoms with van der Waals surface area (Å²) >= 11 is 0. The Morgan fingerprint density at radius 2 is 2.50 bits per heavy atom. The van der Waals surface area contributed by atoms with Crippen LogP contribution in [-0.2, 0) is 4.57 Å². The molecule has 0 fully saturated rings. The molecule has 0 rings (SSSR count). The van der Waals surface area contributed by atoms with Crippen LogP contribution < -0.4 is 5.73 Å². The Hall–Kier alpha value is -0.0700. The molecule has 3 nitrogen and oxygen atoms in total. The van der Waals surface area contributed by atoms with Gasteiger partial charge in [-0.05, 0) is 0 Å². The first-order valence-corrected chi connectivity index (χ1v) is 2.95. The van der Waals surface area contributed by atoms with Crippen LogP contribution in [0.3, 0.4) is 0 Å². The van der Waals surface area contributed by atoms with Crippen molar-refractivity contribution >= 4 is 7.92 Å². The molecule has 8 heavy (non-hydrogen) atoms. The second kappa shape index (κ2) is 3.06. The summed E-state index contributed by atoms with van der Waals surface area (Å²) in [6, 6.07) is 0. The van der Waals surface area contributed by atoms with Gasteiger partial charge < -0.3 is 0 Å². The van der Waals surface area contributed by atoms with Crippen LogP contribution in [0.2, 0.25) is 0 Å². The van der Waals surface area contributed by atoms with Crippen molar-refractivity contribution in [2.45, 2.75) is 12.5 Å². The molecule has 0 amide bonds. The molecule has 0 aliphatic rings. The van der Waals surface area contributed by atoms with Gasteiger partial charge >= 0.3 is 48.0 Å². The first-order valence-electron chi connectivity index (χ1n) is 2.14. The van der Waals surface area contributed by atoms with Crippen molar-refractivity contribution in [1.82, 2.24) is 0 Å². The van der Waals surface area contributed by atoms with Gasteiger partial charge in [-0.25, -0.2) is 0 Å². The Bertz CT molecular complexity index is 158. The molecule has 0 aromatic rings. The summed E-state index contributed by atoms with van der Waals surface area (Å²) < 4.78 is 9.75. The Balaban J connectivity index is 4.05. The van der Waals surface area contributed by atoms with Crippen LogP contribution in [0.25, 0.3) is 0 Å². The Labute approximate surface area is 49.0 Å². The molecule has 0 bridgehead atoms. The summed E-state index contributed by atoms with van der Waals surface area (Å²) in [6.07, 6.45) is 0. The molecule has 1 unspecified atom stereocenters. The molecule has 0 aliphatic carbocycles. The topological polar surface area (TPSA) is 63.3 Å². The summed E-state index contributed by atoms with van der Waals surface area (Å²) in [5.41, 5.74) is 6.05. The zero-order valence-electron chi connectivity index (χ0n) is 4.59. The van der Waals surface area contributed by atoms with Crippen LogP contribution in [0, 0.1) is 5.63 Å². The van der Waals surface area contributed by atoms with Crippen LogP contribution in [0.4, 0.5) is 0 Å². The monoisotopic (exact) mass is 133 g/mol. The second-order valence-electron chi connectivity index (χ2n) is 1.68. The maximum absolute atomic E-state index is 9.75. The zero-order valence-corrected chi connectivity index (χ0v) is 5.48. The number of hydrogen-bond acceptors (Lipinski definition) is 3. The Morgan fingerprint density at radius 1 is 2.00 bits per heavy atom. The van der Waals surface area contributed by atoms with Gasteiger partial charge in [-0.2, -0.15) is 0 Å². The average Bonchev–Trinajstić information content (AvgIpc) is 1.67. The van der Waals surface area contributed by atoms with Gasteiger partial charge in [0.05, 0.1) is 0 Å². The van der Waals surface area contributed by atoms with Crippen LogP contribution in [0.15, 0.2) is 0 Å². The molecule has 4 heteroatoms. The van der Waals surface area contributed by atoms with Crippen molar-refractivity contribution in [2.24, 2.45) is 5.73 Å². The predicted octanol–water partition coefficient (Wildman–Crippen LogP) is -0.0530. The molecular formula is C4H8NO2P. The predicted molar refractivity (Wildman–Crippen MR) is 31.2 cm³/mol. The van der Waals surface area contributed by atoms with Crippen LogP contribution in [0.1, 0.15) is 6.92 Å². The fourth-order valence-electron chi connectivity index (χ4n) is 0.144. The average molecular weight is 133 g/mol. The maximum atomic E-state index is 9.75. The van der Waals surface area contributed by atoms with Crippen LogP contribution in [-0.4, -0.2) is 17.3 Å². The van der Waals surface area contributed by atoms with Gasteiger partial charge in [0, 0.05) is 0 Å². The molecule has 0 radical (unpaired) electrons. The Kier molecular flexibility index (Phi) is 3.03. The second-order valence-corrected chi connectivity index (χ2v) is 2.09. The van der Waals surface area contributed by atoms with Gasteiger partial charge in [0.1, 0.15) is 0 Å². The summed E-state index contributed by atoms with van der Waals surface area (Å²) in [5, 5.41) is 8.88. The van der Waals surface area contributed by atoms with Crippen molar-refractivity contribution in [3.05, 3.63) is 0 Å².